The number of halogens is 2. The zero-order valence-electron chi connectivity index (χ0n) is 18.3. The third-order valence-corrected chi connectivity index (χ3v) is 6.19. The van der Waals surface area contributed by atoms with Crippen molar-refractivity contribution < 1.29 is 13.6 Å². The second-order valence-corrected chi connectivity index (χ2v) is 8.51. The highest BCUT2D eigenvalue weighted by Gasteiger charge is 2.20. The zero-order chi connectivity index (χ0) is 23.4. The van der Waals surface area contributed by atoms with Crippen LogP contribution >= 0.6 is 0 Å². The first kappa shape index (κ1) is 23.3. The molecule has 0 unspecified atom stereocenters. The van der Waals surface area contributed by atoms with Crippen LogP contribution in [0.25, 0.3) is 5.69 Å². The number of anilines is 1. The Morgan fingerprint density at radius 3 is 2.45 bits per heavy atom. The average Bonchev–Trinajstić information content (AvgIpc) is 2.80. The highest BCUT2D eigenvalue weighted by Crippen LogP contribution is 2.21. The van der Waals surface area contributed by atoms with E-state index in [4.69, 9.17) is 5.73 Å². The Hall–Kier alpha value is -2.89. The van der Waals surface area contributed by atoms with Crippen LogP contribution in [-0.2, 0) is 6.54 Å². The summed E-state index contributed by atoms with van der Waals surface area (Å²) >= 11 is 0. The van der Waals surface area contributed by atoms with Gasteiger partial charge < -0.3 is 21.3 Å². The van der Waals surface area contributed by atoms with Crippen LogP contribution in [0.2, 0.25) is 0 Å². The van der Waals surface area contributed by atoms with E-state index in [1.54, 1.807) is 4.90 Å². The Morgan fingerprint density at radius 2 is 1.82 bits per heavy atom. The van der Waals surface area contributed by atoms with Crippen LogP contribution < -0.4 is 27.4 Å². The number of carbonyl (C=O) groups is 1. The number of carbonyl (C=O) groups excluding carboxylic acids is 1. The second-order valence-electron chi connectivity index (χ2n) is 8.51. The van der Waals surface area contributed by atoms with Gasteiger partial charge in [0.2, 0.25) is 0 Å². The Bertz CT molecular complexity index is 1020. The smallest absolute Gasteiger partial charge is 0.328 e. The Morgan fingerprint density at radius 1 is 1.15 bits per heavy atom. The lowest BCUT2D eigenvalue weighted by atomic mass is 9.92. The molecule has 0 radical (unpaired) electrons. The number of nitrogens with one attached hydrogen (secondary N) is 3. The summed E-state index contributed by atoms with van der Waals surface area (Å²) in [5.41, 5.74) is 5.09. The van der Waals surface area contributed by atoms with Crippen molar-refractivity contribution in [2.75, 3.05) is 31.5 Å². The second kappa shape index (κ2) is 10.4. The molecule has 9 nitrogen and oxygen atoms in total. The van der Waals surface area contributed by atoms with Gasteiger partial charge in [-0.15, -0.1) is 0 Å². The third-order valence-electron chi connectivity index (χ3n) is 6.19. The summed E-state index contributed by atoms with van der Waals surface area (Å²) in [6.07, 6.45) is 4.87. The molecule has 1 saturated carbocycles. The van der Waals surface area contributed by atoms with Gasteiger partial charge >= 0.3 is 11.7 Å². The summed E-state index contributed by atoms with van der Waals surface area (Å²) in [6, 6.07) is 3.66. The van der Waals surface area contributed by atoms with Crippen LogP contribution in [0.15, 0.2) is 29.2 Å². The predicted octanol–water partition coefficient (Wildman–Crippen LogP) is 1.31. The number of nitrogens with zero attached hydrogens (tertiary/aromatic N) is 3. The van der Waals surface area contributed by atoms with Crippen LogP contribution in [0.5, 0.6) is 0 Å². The van der Waals surface area contributed by atoms with Crippen molar-refractivity contribution in [2.45, 2.75) is 44.3 Å². The molecule has 1 aliphatic heterocycles. The summed E-state index contributed by atoms with van der Waals surface area (Å²) in [5, 5.41) is 8.93. The lowest BCUT2D eigenvalue weighted by molar-refractivity contribution is 0.204. The van der Waals surface area contributed by atoms with Crippen molar-refractivity contribution in [1.29, 1.82) is 0 Å². The highest BCUT2D eigenvalue weighted by atomic mass is 19.1. The molecule has 2 aliphatic rings. The number of nitrogens with two attached hydrogens (primary N) is 1. The Kier molecular flexibility index (Phi) is 7.31. The standard InChI is InChI=1S/C22H29F2N7O2/c23-18-11-16(12-19(24)17(18)13-27-15-3-1-14(25)2-4-15)31-8-5-20(29-22(31)33)28-21(32)30-9-6-26-7-10-30/h5,8,11-12,14-15,26-27H,1-4,6-7,9-10,13,25H2,(H,28,29,32,33)/t14-,15-. The van der Waals surface area contributed by atoms with Crippen molar-refractivity contribution in [3.63, 3.8) is 0 Å². The van der Waals surface area contributed by atoms with E-state index in [-0.39, 0.29) is 41.7 Å². The van der Waals surface area contributed by atoms with E-state index < -0.39 is 17.3 Å². The fourth-order valence-corrected chi connectivity index (χ4v) is 4.19. The minimum absolute atomic E-state index is 0.0230. The average molecular weight is 462 g/mol. The number of aromatic nitrogens is 2. The quantitative estimate of drug-likeness (QED) is 0.533. The molecule has 0 spiro atoms. The fraction of sp³-hybridized carbons (Fsp3) is 0.500. The predicted molar refractivity (Wildman–Crippen MR) is 120 cm³/mol. The number of benzene rings is 1. The first-order chi connectivity index (χ1) is 15.9. The monoisotopic (exact) mass is 461 g/mol. The van der Waals surface area contributed by atoms with E-state index in [0.29, 0.717) is 26.2 Å². The number of amides is 2. The maximum absolute atomic E-state index is 14.7. The first-order valence-electron chi connectivity index (χ1n) is 11.2. The zero-order valence-corrected chi connectivity index (χ0v) is 18.3. The maximum atomic E-state index is 14.7. The summed E-state index contributed by atoms with van der Waals surface area (Å²) in [6.45, 7) is 2.55. The summed E-state index contributed by atoms with van der Waals surface area (Å²) < 4.78 is 30.4. The van der Waals surface area contributed by atoms with E-state index >= 15 is 0 Å². The molecule has 33 heavy (non-hydrogen) atoms. The van der Waals surface area contributed by atoms with E-state index in [1.165, 1.54) is 12.3 Å². The van der Waals surface area contributed by atoms with Gasteiger partial charge in [-0.05, 0) is 43.9 Å². The maximum Gasteiger partial charge on any atom is 0.354 e. The number of piperazine rings is 1. The number of urea groups is 1. The van der Waals surface area contributed by atoms with Crippen molar-refractivity contribution in [1.82, 2.24) is 25.1 Å². The summed E-state index contributed by atoms with van der Waals surface area (Å²) in [4.78, 5) is 30.2. The molecule has 4 rings (SSSR count). The number of hydrogen-bond acceptors (Lipinski definition) is 6. The van der Waals surface area contributed by atoms with E-state index in [9.17, 15) is 18.4 Å². The highest BCUT2D eigenvalue weighted by molar-refractivity contribution is 5.88. The summed E-state index contributed by atoms with van der Waals surface area (Å²) in [7, 11) is 0. The van der Waals surface area contributed by atoms with E-state index in [1.807, 2.05) is 0 Å². The van der Waals surface area contributed by atoms with Gasteiger partial charge in [0.15, 0.2) is 0 Å². The summed E-state index contributed by atoms with van der Waals surface area (Å²) in [5.74, 6) is -1.41. The van der Waals surface area contributed by atoms with Crippen molar-refractivity contribution >= 4 is 11.8 Å². The Balaban J connectivity index is 1.44. The van der Waals surface area contributed by atoms with Crippen molar-refractivity contribution in [3.8, 4) is 5.69 Å². The Labute approximate surface area is 190 Å². The third kappa shape index (κ3) is 5.73. The lowest BCUT2D eigenvalue weighted by Crippen LogP contribution is -2.48. The van der Waals surface area contributed by atoms with Gasteiger partial charge in [-0.3, -0.25) is 9.88 Å². The van der Waals surface area contributed by atoms with Gasteiger partial charge in [-0.2, -0.15) is 4.98 Å². The molecule has 1 saturated heterocycles. The van der Waals surface area contributed by atoms with Gasteiger partial charge in [0.25, 0.3) is 0 Å². The molecule has 178 valence electrons. The molecule has 11 heteroatoms. The molecule has 1 aromatic carbocycles. The molecule has 0 atom stereocenters. The molecule has 2 heterocycles. The van der Waals surface area contributed by atoms with Gasteiger partial charge in [0, 0.05) is 56.6 Å². The fourth-order valence-electron chi connectivity index (χ4n) is 4.19. The minimum atomic E-state index is -0.753. The molecular formula is C22H29F2N7O2. The molecule has 1 aromatic heterocycles. The first-order valence-corrected chi connectivity index (χ1v) is 11.2. The van der Waals surface area contributed by atoms with Gasteiger partial charge in [-0.1, -0.05) is 0 Å². The van der Waals surface area contributed by atoms with Crippen molar-refractivity contribution in [2.24, 2.45) is 5.73 Å². The van der Waals surface area contributed by atoms with E-state index in [0.717, 1.165) is 42.4 Å². The van der Waals surface area contributed by atoms with Gasteiger partial charge in [-0.25, -0.2) is 18.4 Å². The molecular weight excluding hydrogens is 432 g/mol. The van der Waals surface area contributed by atoms with Gasteiger partial charge in [0.1, 0.15) is 17.5 Å². The van der Waals surface area contributed by atoms with Crippen LogP contribution in [0.3, 0.4) is 0 Å². The van der Waals surface area contributed by atoms with Crippen LogP contribution in [0, 0.1) is 11.6 Å². The van der Waals surface area contributed by atoms with Crippen LogP contribution in [0.1, 0.15) is 31.2 Å². The molecule has 2 amide bonds. The normalized spacial score (nSPS) is 21.1. The SMILES string of the molecule is N[C@H]1CC[C@H](NCc2c(F)cc(-n3ccc(NC(=O)N4CCNCC4)nc3=O)cc2F)CC1. The molecule has 5 N–H and O–H groups in total. The van der Waals surface area contributed by atoms with Crippen LogP contribution in [0.4, 0.5) is 19.4 Å². The van der Waals surface area contributed by atoms with E-state index in [2.05, 4.69) is 20.9 Å². The molecule has 2 fully saturated rings. The number of hydrogen-bond donors (Lipinski definition) is 4. The molecule has 2 aromatic rings. The molecule has 1 aliphatic carbocycles. The minimum Gasteiger partial charge on any atom is -0.328 e. The van der Waals surface area contributed by atoms with Crippen LogP contribution in [-0.4, -0.2) is 58.7 Å². The topological polar surface area (TPSA) is 117 Å². The van der Waals surface area contributed by atoms with Gasteiger partial charge in [0.05, 0.1) is 5.69 Å². The van der Waals surface area contributed by atoms with Crippen molar-refractivity contribution in [3.05, 3.63) is 52.1 Å². The largest absolute Gasteiger partial charge is 0.354 e. The molecule has 0 bridgehead atoms. The lowest BCUT2D eigenvalue weighted by Gasteiger charge is -2.27. The number of rotatable bonds is 5.